The van der Waals surface area contributed by atoms with Gasteiger partial charge in [-0.1, -0.05) is 44.2 Å². The maximum Gasteiger partial charge on any atom is 0.329 e. The molecule has 2 rings (SSSR count). The standard InChI is InChI=1S/C24H29N3O5/c1-16(2)22(26-20(28)14-17-8-6-5-7-9-17)24(31)32-15-21(29)25-19-12-10-18(11-13-19)23(30)27(3)4/h5-13,16,22H,14-15H2,1-4H3,(H,25,29)(H,26,28)/t22-/m0/s1. The molecule has 0 radical (unpaired) electrons. The molecule has 0 unspecified atom stereocenters. The van der Waals surface area contributed by atoms with E-state index in [0.29, 0.717) is 11.3 Å². The first-order valence-electron chi connectivity index (χ1n) is 10.3. The third-order valence-corrected chi connectivity index (χ3v) is 4.61. The molecule has 0 aliphatic heterocycles. The van der Waals surface area contributed by atoms with Crippen molar-refractivity contribution in [3.63, 3.8) is 0 Å². The largest absolute Gasteiger partial charge is 0.454 e. The monoisotopic (exact) mass is 439 g/mol. The van der Waals surface area contributed by atoms with Gasteiger partial charge in [0.05, 0.1) is 6.42 Å². The van der Waals surface area contributed by atoms with Crippen molar-refractivity contribution < 1.29 is 23.9 Å². The number of esters is 1. The van der Waals surface area contributed by atoms with Crippen molar-refractivity contribution in [2.75, 3.05) is 26.0 Å². The zero-order chi connectivity index (χ0) is 23.7. The molecule has 170 valence electrons. The Balaban J connectivity index is 1.86. The number of amides is 3. The number of ether oxygens (including phenoxy) is 1. The fourth-order valence-electron chi connectivity index (χ4n) is 2.88. The van der Waals surface area contributed by atoms with Crippen LogP contribution in [-0.4, -0.2) is 55.3 Å². The van der Waals surface area contributed by atoms with Gasteiger partial charge in [0.1, 0.15) is 6.04 Å². The summed E-state index contributed by atoms with van der Waals surface area (Å²) in [5.74, 6) is -1.87. The summed E-state index contributed by atoms with van der Waals surface area (Å²) < 4.78 is 5.12. The van der Waals surface area contributed by atoms with Crippen LogP contribution in [0.1, 0.15) is 29.8 Å². The highest BCUT2D eigenvalue weighted by Gasteiger charge is 2.26. The van der Waals surface area contributed by atoms with Gasteiger partial charge in [0.25, 0.3) is 11.8 Å². The fourth-order valence-corrected chi connectivity index (χ4v) is 2.88. The second kappa shape index (κ2) is 11.6. The molecule has 2 N–H and O–H groups in total. The minimum absolute atomic E-state index is 0.143. The number of carbonyl (C=O) groups is 4. The number of rotatable bonds is 9. The first-order valence-corrected chi connectivity index (χ1v) is 10.3. The Labute approximate surface area is 187 Å². The average molecular weight is 440 g/mol. The Kier molecular flexibility index (Phi) is 8.95. The Morgan fingerprint density at radius 3 is 2.09 bits per heavy atom. The van der Waals surface area contributed by atoms with Crippen molar-refractivity contribution >= 4 is 29.4 Å². The molecule has 2 aromatic carbocycles. The number of anilines is 1. The van der Waals surface area contributed by atoms with Gasteiger partial charge in [-0.25, -0.2) is 4.79 Å². The predicted molar refractivity (Wildman–Crippen MR) is 121 cm³/mol. The van der Waals surface area contributed by atoms with Crippen molar-refractivity contribution in [2.45, 2.75) is 26.3 Å². The molecule has 1 atom stereocenters. The summed E-state index contributed by atoms with van der Waals surface area (Å²) in [6.07, 6.45) is 0.143. The van der Waals surface area contributed by atoms with E-state index in [2.05, 4.69) is 10.6 Å². The van der Waals surface area contributed by atoms with E-state index >= 15 is 0 Å². The lowest BCUT2D eigenvalue weighted by atomic mass is 10.0. The van der Waals surface area contributed by atoms with Gasteiger partial charge in [-0.05, 0) is 35.7 Å². The minimum Gasteiger partial charge on any atom is -0.454 e. The lowest BCUT2D eigenvalue weighted by Gasteiger charge is -2.20. The number of nitrogens with one attached hydrogen (secondary N) is 2. The molecule has 3 amide bonds. The van der Waals surface area contributed by atoms with Crippen LogP contribution in [0.3, 0.4) is 0 Å². The van der Waals surface area contributed by atoms with E-state index in [9.17, 15) is 19.2 Å². The van der Waals surface area contributed by atoms with E-state index in [1.807, 2.05) is 30.3 Å². The molecule has 0 spiro atoms. The van der Waals surface area contributed by atoms with Crippen LogP contribution in [-0.2, 0) is 25.5 Å². The number of carbonyl (C=O) groups excluding carboxylic acids is 4. The van der Waals surface area contributed by atoms with Gasteiger partial charge in [-0.15, -0.1) is 0 Å². The first-order chi connectivity index (χ1) is 15.2. The van der Waals surface area contributed by atoms with Crippen LogP contribution >= 0.6 is 0 Å². The second-order valence-electron chi connectivity index (χ2n) is 7.88. The van der Waals surface area contributed by atoms with Gasteiger partial charge < -0.3 is 20.3 Å². The van der Waals surface area contributed by atoms with Gasteiger partial charge in [-0.2, -0.15) is 0 Å². The normalized spacial score (nSPS) is 11.4. The Morgan fingerprint density at radius 2 is 1.53 bits per heavy atom. The lowest BCUT2D eigenvalue weighted by molar-refractivity contribution is -0.151. The summed E-state index contributed by atoms with van der Waals surface area (Å²) in [7, 11) is 3.31. The zero-order valence-corrected chi connectivity index (χ0v) is 18.8. The van der Waals surface area contributed by atoms with Gasteiger partial charge in [0.2, 0.25) is 5.91 Å². The van der Waals surface area contributed by atoms with E-state index in [4.69, 9.17) is 4.74 Å². The molecule has 0 aliphatic carbocycles. The smallest absolute Gasteiger partial charge is 0.329 e. The predicted octanol–water partition coefficient (Wildman–Crippen LogP) is 2.25. The van der Waals surface area contributed by atoms with Crippen LogP contribution < -0.4 is 10.6 Å². The molecule has 8 nitrogen and oxygen atoms in total. The highest BCUT2D eigenvalue weighted by molar-refractivity contribution is 5.96. The van der Waals surface area contributed by atoms with E-state index in [0.717, 1.165) is 5.56 Å². The number of nitrogens with zero attached hydrogens (tertiary/aromatic N) is 1. The highest BCUT2D eigenvalue weighted by Crippen LogP contribution is 2.11. The molecule has 0 saturated carbocycles. The van der Waals surface area contributed by atoms with Crippen LogP contribution in [0.2, 0.25) is 0 Å². The molecule has 0 fully saturated rings. The van der Waals surface area contributed by atoms with E-state index in [-0.39, 0.29) is 24.2 Å². The van der Waals surface area contributed by atoms with Gasteiger partial charge in [0.15, 0.2) is 6.61 Å². The fraction of sp³-hybridized carbons (Fsp3) is 0.333. The minimum atomic E-state index is -0.865. The van der Waals surface area contributed by atoms with Crippen molar-refractivity contribution in [3.8, 4) is 0 Å². The van der Waals surface area contributed by atoms with Crippen LogP contribution in [0.25, 0.3) is 0 Å². The average Bonchev–Trinajstić information content (AvgIpc) is 2.76. The molecule has 0 aliphatic rings. The van der Waals surface area contributed by atoms with E-state index < -0.39 is 24.5 Å². The summed E-state index contributed by atoms with van der Waals surface area (Å²) in [4.78, 5) is 50.3. The molecule has 32 heavy (non-hydrogen) atoms. The molecule has 0 bridgehead atoms. The maximum absolute atomic E-state index is 12.5. The third kappa shape index (κ3) is 7.54. The van der Waals surface area contributed by atoms with Gasteiger partial charge >= 0.3 is 5.97 Å². The Morgan fingerprint density at radius 1 is 0.906 bits per heavy atom. The Hall–Kier alpha value is -3.68. The number of hydrogen-bond acceptors (Lipinski definition) is 5. The quantitative estimate of drug-likeness (QED) is 0.583. The van der Waals surface area contributed by atoms with Crippen molar-refractivity contribution in [1.29, 1.82) is 0 Å². The summed E-state index contributed by atoms with van der Waals surface area (Å²) in [5.41, 5.74) is 1.79. The summed E-state index contributed by atoms with van der Waals surface area (Å²) in [5, 5.41) is 5.29. The van der Waals surface area contributed by atoms with Gasteiger partial charge in [0, 0.05) is 25.3 Å². The molecular formula is C24H29N3O5. The molecule has 0 aromatic heterocycles. The van der Waals surface area contributed by atoms with Crippen LogP contribution in [0.15, 0.2) is 54.6 Å². The van der Waals surface area contributed by atoms with E-state index in [1.54, 1.807) is 52.2 Å². The van der Waals surface area contributed by atoms with Crippen molar-refractivity contribution in [2.24, 2.45) is 5.92 Å². The second-order valence-corrected chi connectivity index (χ2v) is 7.88. The van der Waals surface area contributed by atoms with Crippen LogP contribution in [0, 0.1) is 5.92 Å². The molecule has 0 saturated heterocycles. The number of hydrogen-bond donors (Lipinski definition) is 2. The summed E-state index contributed by atoms with van der Waals surface area (Å²) in [6.45, 7) is 3.08. The third-order valence-electron chi connectivity index (χ3n) is 4.61. The van der Waals surface area contributed by atoms with Crippen molar-refractivity contribution in [3.05, 3.63) is 65.7 Å². The Bertz CT molecular complexity index is 940. The lowest BCUT2D eigenvalue weighted by Crippen LogP contribution is -2.46. The number of benzene rings is 2. The maximum atomic E-state index is 12.5. The van der Waals surface area contributed by atoms with Crippen molar-refractivity contribution in [1.82, 2.24) is 10.2 Å². The molecular weight excluding hydrogens is 410 g/mol. The molecule has 0 heterocycles. The SMILES string of the molecule is CC(C)[C@H](NC(=O)Cc1ccccc1)C(=O)OCC(=O)Nc1ccc(C(=O)N(C)C)cc1. The first kappa shape index (κ1) is 24.6. The van der Waals surface area contributed by atoms with Gasteiger partial charge in [-0.3, -0.25) is 14.4 Å². The van der Waals surface area contributed by atoms with E-state index in [1.165, 1.54) is 4.90 Å². The molecule has 8 heteroatoms. The zero-order valence-electron chi connectivity index (χ0n) is 18.8. The summed E-state index contributed by atoms with van der Waals surface area (Å²) >= 11 is 0. The summed E-state index contributed by atoms with van der Waals surface area (Å²) in [6, 6.07) is 14.7. The highest BCUT2D eigenvalue weighted by atomic mass is 16.5. The molecule has 2 aromatic rings. The van der Waals surface area contributed by atoms with Crippen LogP contribution in [0.5, 0.6) is 0 Å². The topological polar surface area (TPSA) is 105 Å². The van der Waals surface area contributed by atoms with Crippen LogP contribution in [0.4, 0.5) is 5.69 Å².